The number of halogens is 1. The Labute approximate surface area is 181 Å². The lowest BCUT2D eigenvalue weighted by atomic mass is 10.1. The molecule has 0 aliphatic rings. The van der Waals surface area contributed by atoms with E-state index in [1.54, 1.807) is 17.4 Å². The molecule has 0 saturated heterocycles. The minimum Gasteiger partial charge on any atom is -0.392 e. The van der Waals surface area contributed by atoms with Crippen molar-refractivity contribution in [2.75, 3.05) is 31.5 Å². The van der Waals surface area contributed by atoms with Gasteiger partial charge in [0.1, 0.15) is 0 Å². The number of hydrogen-bond acceptors (Lipinski definition) is 5. The van der Waals surface area contributed by atoms with Gasteiger partial charge in [-0.15, -0.1) is 11.3 Å². The zero-order valence-electron chi connectivity index (χ0n) is 17.3. The Bertz CT molecular complexity index is 1050. The van der Waals surface area contributed by atoms with E-state index in [4.69, 9.17) is 11.6 Å². The molecular weight excluding hydrogens is 404 g/mol. The molecule has 6 heteroatoms. The molecular formula is C23H29ClN2O2S. The number of rotatable bonds is 9. The van der Waals surface area contributed by atoms with Gasteiger partial charge in [-0.25, -0.2) is 0 Å². The summed E-state index contributed by atoms with van der Waals surface area (Å²) in [6.45, 7) is 9.20. The van der Waals surface area contributed by atoms with Gasteiger partial charge in [0, 0.05) is 45.1 Å². The highest BCUT2D eigenvalue weighted by molar-refractivity contribution is 7.24. The number of aliphatic hydroxyl groups excluding tert-OH is 1. The van der Waals surface area contributed by atoms with E-state index in [2.05, 4.69) is 23.2 Å². The Balaban J connectivity index is 1.88. The Hall–Kier alpha value is -1.66. The standard InChI is InChI=1S/C23H29ClN2O2S/c1-4-5-11-26(14-16(3)27)12-10-25-19-9-6-15(2)23-21(19)22(28)18-8-7-17(24)13-20(18)29-23/h6-9,13,16,25,27H,4-5,10-12,14H2,1-3H3/t16-/m0/s1. The van der Waals surface area contributed by atoms with E-state index in [-0.39, 0.29) is 11.5 Å². The molecule has 3 aromatic rings. The zero-order chi connectivity index (χ0) is 21.0. The second-order valence-corrected chi connectivity index (χ2v) is 9.12. The van der Waals surface area contributed by atoms with E-state index in [1.807, 2.05) is 32.0 Å². The largest absolute Gasteiger partial charge is 0.392 e. The monoisotopic (exact) mass is 432 g/mol. The molecule has 0 radical (unpaired) electrons. The third-order valence-corrected chi connectivity index (χ3v) is 6.60. The number of nitrogens with zero attached hydrogens (tertiary/aromatic N) is 1. The molecule has 0 amide bonds. The van der Waals surface area contributed by atoms with Gasteiger partial charge in [-0.2, -0.15) is 0 Å². The van der Waals surface area contributed by atoms with Gasteiger partial charge in [0.05, 0.1) is 11.5 Å². The minimum absolute atomic E-state index is 0.0448. The van der Waals surface area contributed by atoms with Crippen LogP contribution in [-0.4, -0.2) is 42.3 Å². The summed E-state index contributed by atoms with van der Waals surface area (Å²) in [5, 5.41) is 15.3. The van der Waals surface area contributed by atoms with E-state index >= 15 is 0 Å². The van der Waals surface area contributed by atoms with Crippen LogP contribution in [0.1, 0.15) is 32.3 Å². The SMILES string of the molecule is CCCCN(CCNc1ccc(C)c2sc3cc(Cl)ccc3c(=O)c12)C[C@H](C)O. The molecule has 29 heavy (non-hydrogen) atoms. The molecule has 1 heterocycles. The number of unbranched alkanes of at least 4 members (excludes halogenated alkanes) is 1. The average Bonchev–Trinajstić information content (AvgIpc) is 2.67. The number of aryl methyl sites for hydroxylation is 1. The molecule has 156 valence electrons. The lowest BCUT2D eigenvalue weighted by molar-refractivity contribution is 0.128. The van der Waals surface area contributed by atoms with Crippen molar-refractivity contribution in [1.29, 1.82) is 0 Å². The summed E-state index contributed by atoms with van der Waals surface area (Å²) in [4.78, 5) is 15.5. The highest BCUT2D eigenvalue weighted by atomic mass is 35.5. The molecule has 1 aromatic heterocycles. The molecule has 4 nitrogen and oxygen atoms in total. The maximum absolute atomic E-state index is 13.2. The van der Waals surface area contributed by atoms with Crippen LogP contribution < -0.4 is 10.7 Å². The molecule has 0 aliphatic carbocycles. The fourth-order valence-electron chi connectivity index (χ4n) is 3.60. The van der Waals surface area contributed by atoms with Crippen LogP contribution in [0, 0.1) is 6.92 Å². The van der Waals surface area contributed by atoms with E-state index in [0.29, 0.717) is 17.0 Å². The molecule has 0 unspecified atom stereocenters. The topological polar surface area (TPSA) is 52.6 Å². The van der Waals surface area contributed by atoms with Gasteiger partial charge in [-0.3, -0.25) is 9.69 Å². The van der Waals surface area contributed by atoms with Crippen molar-refractivity contribution in [1.82, 2.24) is 4.90 Å². The minimum atomic E-state index is -0.347. The van der Waals surface area contributed by atoms with Gasteiger partial charge in [0.2, 0.25) is 0 Å². The molecule has 0 bridgehead atoms. The first-order valence-electron chi connectivity index (χ1n) is 10.2. The van der Waals surface area contributed by atoms with Crippen LogP contribution in [0.5, 0.6) is 0 Å². The maximum atomic E-state index is 13.2. The van der Waals surface area contributed by atoms with Crippen LogP contribution in [-0.2, 0) is 0 Å². The summed E-state index contributed by atoms with van der Waals surface area (Å²) in [6, 6.07) is 9.51. The first-order chi connectivity index (χ1) is 13.9. The normalized spacial score (nSPS) is 12.8. The number of fused-ring (bicyclic) bond motifs is 2. The summed E-state index contributed by atoms with van der Waals surface area (Å²) in [5.41, 5.74) is 2.01. The Morgan fingerprint density at radius 1 is 1.24 bits per heavy atom. The van der Waals surface area contributed by atoms with Crippen molar-refractivity contribution in [2.45, 2.75) is 39.7 Å². The fourth-order valence-corrected chi connectivity index (χ4v) is 5.05. The van der Waals surface area contributed by atoms with Gasteiger partial charge >= 0.3 is 0 Å². The van der Waals surface area contributed by atoms with Gasteiger partial charge < -0.3 is 10.4 Å². The lowest BCUT2D eigenvalue weighted by Gasteiger charge is -2.24. The average molecular weight is 433 g/mol. The van der Waals surface area contributed by atoms with Crippen LogP contribution in [0.2, 0.25) is 5.02 Å². The summed E-state index contributed by atoms with van der Waals surface area (Å²) in [6.07, 6.45) is 1.89. The second kappa shape index (κ2) is 9.90. The zero-order valence-corrected chi connectivity index (χ0v) is 18.9. The van der Waals surface area contributed by atoms with Gasteiger partial charge in [-0.05, 0) is 56.6 Å². The maximum Gasteiger partial charge on any atom is 0.197 e. The Kier molecular flexibility index (Phi) is 7.52. The van der Waals surface area contributed by atoms with Crippen molar-refractivity contribution in [3.8, 4) is 0 Å². The molecule has 0 saturated carbocycles. The number of hydrogen-bond donors (Lipinski definition) is 2. The van der Waals surface area contributed by atoms with Crippen molar-refractivity contribution < 1.29 is 5.11 Å². The van der Waals surface area contributed by atoms with E-state index in [9.17, 15) is 9.90 Å². The molecule has 1 atom stereocenters. The Morgan fingerprint density at radius 3 is 2.76 bits per heavy atom. The Morgan fingerprint density at radius 2 is 2.03 bits per heavy atom. The van der Waals surface area contributed by atoms with Crippen LogP contribution in [0.3, 0.4) is 0 Å². The second-order valence-electron chi connectivity index (χ2n) is 7.64. The van der Waals surface area contributed by atoms with Crippen molar-refractivity contribution in [2.24, 2.45) is 0 Å². The summed E-state index contributed by atoms with van der Waals surface area (Å²) < 4.78 is 1.92. The molecule has 0 aliphatic heterocycles. The summed E-state index contributed by atoms with van der Waals surface area (Å²) in [7, 11) is 0. The van der Waals surface area contributed by atoms with Crippen LogP contribution in [0.4, 0.5) is 5.69 Å². The van der Waals surface area contributed by atoms with Gasteiger partial charge in [0.25, 0.3) is 0 Å². The van der Waals surface area contributed by atoms with Crippen molar-refractivity contribution >= 4 is 48.8 Å². The van der Waals surface area contributed by atoms with Crippen molar-refractivity contribution in [3.63, 3.8) is 0 Å². The highest BCUT2D eigenvalue weighted by Gasteiger charge is 2.13. The predicted octanol–water partition coefficient (Wildman–Crippen LogP) is 5.27. The summed E-state index contributed by atoms with van der Waals surface area (Å²) in [5.74, 6) is 0. The third kappa shape index (κ3) is 5.28. The van der Waals surface area contributed by atoms with E-state index in [1.165, 1.54) is 0 Å². The lowest BCUT2D eigenvalue weighted by Crippen LogP contribution is -2.35. The molecule has 3 rings (SSSR count). The number of aliphatic hydroxyl groups is 1. The van der Waals surface area contributed by atoms with Crippen molar-refractivity contribution in [3.05, 3.63) is 51.1 Å². The van der Waals surface area contributed by atoms with Crippen LogP contribution >= 0.6 is 22.9 Å². The molecule has 2 N–H and O–H groups in total. The van der Waals surface area contributed by atoms with Crippen LogP contribution in [0.15, 0.2) is 35.1 Å². The molecule has 0 spiro atoms. The van der Waals surface area contributed by atoms with Gasteiger partial charge in [0.15, 0.2) is 5.43 Å². The number of anilines is 1. The molecule has 0 fully saturated rings. The molecule has 2 aromatic carbocycles. The highest BCUT2D eigenvalue weighted by Crippen LogP contribution is 2.32. The summed E-state index contributed by atoms with van der Waals surface area (Å²) >= 11 is 7.75. The first-order valence-corrected chi connectivity index (χ1v) is 11.4. The number of benzene rings is 2. The quantitative estimate of drug-likeness (QED) is 0.452. The van der Waals surface area contributed by atoms with Gasteiger partial charge in [-0.1, -0.05) is 31.0 Å². The van der Waals surface area contributed by atoms with E-state index in [0.717, 1.165) is 58.5 Å². The third-order valence-electron chi connectivity index (χ3n) is 5.08. The van der Waals surface area contributed by atoms with Crippen LogP contribution in [0.25, 0.3) is 20.2 Å². The number of nitrogens with one attached hydrogen (secondary N) is 1. The first kappa shape index (κ1) is 22.0. The van der Waals surface area contributed by atoms with E-state index < -0.39 is 0 Å². The predicted molar refractivity (Wildman–Crippen MR) is 127 cm³/mol. The smallest absolute Gasteiger partial charge is 0.197 e. The fraction of sp³-hybridized carbons (Fsp3) is 0.435.